The number of hydrogen-bond acceptors (Lipinski definition) is 6. The van der Waals surface area contributed by atoms with E-state index in [1.54, 1.807) is 19.2 Å². The van der Waals surface area contributed by atoms with E-state index in [1.807, 2.05) is 12.1 Å². The number of aromatic nitrogens is 3. The lowest BCUT2D eigenvalue weighted by Gasteiger charge is -2.12. The van der Waals surface area contributed by atoms with E-state index in [4.69, 9.17) is 4.98 Å². The van der Waals surface area contributed by atoms with Crippen LogP contribution in [0.5, 0.6) is 0 Å². The first-order valence-electron chi connectivity index (χ1n) is 10.4. The highest BCUT2D eigenvalue weighted by Crippen LogP contribution is 2.45. The Morgan fingerprint density at radius 1 is 1.26 bits per heavy atom. The fourth-order valence-electron chi connectivity index (χ4n) is 3.84. The number of rotatable bonds is 8. The first-order chi connectivity index (χ1) is 14.8. The van der Waals surface area contributed by atoms with E-state index in [0.717, 1.165) is 52.8 Å². The fourth-order valence-corrected chi connectivity index (χ4v) is 4.80. The highest BCUT2D eigenvalue weighted by atomic mass is 32.2. The van der Waals surface area contributed by atoms with Crippen molar-refractivity contribution in [3.8, 4) is 11.3 Å². The van der Waals surface area contributed by atoms with Gasteiger partial charge in [0.1, 0.15) is 0 Å². The van der Waals surface area contributed by atoms with Gasteiger partial charge in [0.25, 0.3) is 0 Å². The minimum Gasteiger partial charge on any atom is -0.382 e. The van der Waals surface area contributed by atoms with E-state index in [0.29, 0.717) is 29.5 Å². The van der Waals surface area contributed by atoms with Crippen LogP contribution in [0, 0.1) is 6.92 Å². The van der Waals surface area contributed by atoms with Crippen LogP contribution in [0.1, 0.15) is 43.4 Å². The average molecular weight is 442 g/mol. The second kappa shape index (κ2) is 8.30. The second-order valence-electron chi connectivity index (χ2n) is 8.17. The van der Waals surface area contributed by atoms with Crippen molar-refractivity contribution in [2.45, 2.75) is 43.9 Å². The molecule has 3 aromatic rings. The fraction of sp³-hybridized carbons (Fsp3) is 0.409. The van der Waals surface area contributed by atoms with Crippen LogP contribution in [0.25, 0.3) is 22.2 Å². The summed E-state index contributed by atoms with van der Waals surface area (Å²) >= 11 is 0. The summed E-state index contributed by atoms with van der Waals surface area (Å²) in [5, 5.41) is 14.9. The van der Waals surface area contributed by atoms with E-state index in [1.165, 1.54) is 13.2 Å². The van der Waals surface area contributed by atoms with Gasteiger partial charge in [-0.2, -0.15) is 5.10 Å². The Hall–Kier alpha value is -2.94. The Labute approximate surface area is 181 Å². The van der Waals surface area contributed by atoms with Crippen LogP contribution >= 0.6 is 0 Å². The quantitative estimate of drug-likeness (QED) is 0.462. The van der Waals surface area contributed by atoms with Gasteiger partial charge in [0, 0.05) is 37.8 Å². The van der Waals surface area contributed by atoms with Gasteiger partial charge in [0.05, 0.1) is 39.1 Å². The number of amides is 1. The molecule has 3 N–H and O–H groups in total. The zero-order chi connectivity index (χ0) is 22.2. The lowest BCUT2D eigenvalue weighted by molar-refractivity contribution is -0.118. The van der Waals surface area contributed by atoms with Gasteiger partial charge in [0.2, 0.25) is 5.91 Å². The molecule has 1 aromatic carbocycles. The first kappa shape index (κ1) is 21.3. The molecule has 1 amide bonds. The Morgan fingerprint density at radius 2 is 2.03 bits per heavy atom. The highest BCUT2D eigenvalue weighted by molar-refractivity contribution is 7.90. The average Bonchev–Trinajstić information content (AvgIpc) is 3.44. The molecular weight excluding hydrogens is 414 g/mol. The van der Waals surface area contributed by atoms with Gasteiger partial charge >= 0.3 is 0 Å². The maximum atomic E-state index is 12.0. The van der Waals surface area contributed by atoms with Gasteiger partial charge in [0.15, 0.2) is 9.84 Å². The third kappa shape index (κ3) is 4.56. The molecular formula is C22H27N5O3S. The molecule has 164 valence electrons. The minimum absolute atomic E-state index is 0.0340. The molecule has 0 saturated heterocycles. The van der Waals surface area contributed by atoms with Crippen LogP contribution in [0.4, 0.5) is 5.69 Å². The van der Waals surface area contributed by atoms with Crippen LogP contribution in [-0.2, 0) is 14.6 Å². The number of carbonyl (C=O) groups is 1. The molecule has 0 radical (unpaired) electrons. The lowest BCUT2D eigenvalue weighted by atomic mass is 10.0. The van der Waals surface area contributed by atoms with E-state index in [9.17, 15) is 13.2 Å². The van der Waals surface area contributed by atoms with Crippen molar-refractivity contribution in [1.82, 2.24) is 20.5 Å². The molecule has 0 bridgehead atoms. The van der Waals surface area contributed by atoms with Crippen LogP contribution in [0.15, 0.2) is 29.3 Å². The third-order valence-electron chi connectivity index (χ3n) is 5.48. The second-order valence-corrected chi connectivity index (χ2v) is 10.2. The Kier molecular flexibility index (Phi) is 5.70. The summed E-state index contributed by atoms with van der Waals surface area (Å²) in [7, 11) is -3.28. The molecule has 0 aliphatic heterocycles. The number of aromatic amines is 1. The molecule has 2 aromatic heterocycles. The lowest BCUT2D eigenvalue weighted by Crippen LogP contribution is -2.22. The molecule has 0 atom stereocenters. The minimum atomic E-state index is -3.28. The first-order valence-corrected chi connectivity index (χ1v) is 12.3. The van der Waals surface area contributed by atoms with Crippen LogP contribution in [0.3, 0.4) is 0 Å². The Morgan fingerprint density at radius 3 is 2.68 bits per heavy atom. The maximum absolute atomic E-state index is 12.0. The number of anilines is 1. The molecule has 4 rings (SSSR count). The number of nitrogens with one attached hydrogen (secondary N) is 3. The largest absolute Gasteiger partial charge is 0.382 e. The summed E-state index contributed by atoms with van der Waals surface area (Å²) in [6.07, 6.45) is 6.02. The molecule has 1 saturated carbocycles. The van der Waals surface area contributed by atoms with Crippen molar-refractivity contribution in [3.63, 3.8) is 0 Å². The predicted octanol–water partition coefficient (Wildman–Crippen LogP) is 3.15. The van der Waals surface area contributed by atoms with Gasteiger partial charge < -0.3 is 10.6 Å². The summed E-state index contributed by atoms with van der Waals surface area (Å²) in [5.74, 6) is 0.397. The number of pyridine rings is 1. The summed E-state index contributed by atoms with van der Waals surface area (Å²) in [5.41, 5.74) is 5.16. The van der Waals surface area contributed by atoms with Gasteiger partial charge in [-0.05, 0) is 43.9 Å². The van der Waals surface area contributed by atoms with Crippen molar-refractivity contribution in [3.05, 3.63) is 35.7 Å². The zero-order valence-electron chi connectivity index (χ0n) is 17.9. The highest BCUT2D eigenvalue weighted by Gasteiger charge is 2.30. The van der Waals surface area contributed by atoms with Gasteiger partial charge in [-0.3, -0.25) is 14.9 Å². The zero-order valence-corrected chi connectivity index (χ0v) is 18.8. The van der Waals surface area contributed by atoms with E-state index in [2.05, 4.69) is 20.8 Å². The van der Waals surface area contributed by atoms with Gasteiger partial charge in [-0.1, -0.05) is 6.07 Å². The van der Waals surface area contributed by atoms with Crippen LogP contribution in [0.2, 0.25) is 0 Å². The topological polar surface area (TPSA) is 117 Å². The van der Waals surface area contributed by atoms with Gasteiger partial charge in [-0.15, -0.1) is 0 Å². The van der Waals surface area contributed by atoms with Crippen molar-refractivity contribution in [1.29, 1.82) is 0 Å². The number of fused-ring (bicyclic) bond motifs is 1. The molecule has 9 heteroatoms. The molecule has 2 heterocycles. The number of hydrogen-bond donors (Lipinski definition) is 3. The number of sulfone groups is 1. The number of carbonyl (C=O) groups excluding carboxylic acids is 1. The van der Waals surface area contributed by atoms with Crippen molar-refractivity contribution < 1.29 is 13.2 Å². The predicted molar refractivity (Wildman–Crippen MR) is 121 cm³/mol. The molecule has 31 heavy (non-hydrogen) atoms. The summed E-state index contributed by atoms with van der Waals surface area (Å²) in [6.45, 7) is 4.61. The van der Waals surface area contributed by atoms with E-state index in [-0.39, 0.29) is 5.91 Å². The Balaban J connectivity index is 1.69. The van der Waals surface area contributed by atoms with Crippen molar-refractivity contribution in [2.24, 2.45) is 0 Å². The van der Waals surface area contributed by atoms with E-state index < -0.39 is 9.84 Å². The van der Waals surface area contributed by atoms with Crippen molar-refractivity contribution >= 4 is 32.3 Å². The number of nitrogens with zero attached hydrogens (tertiary/aromatic N) is 2. The number of aryl methyl sites for hydroxylation is 1. The standard InChI is InChI=1S/C22H27N5O3S/c1-13-11-16(7-8-18(13)31(3,29)30)20-19-21(15-5-6-15)26-27-22(19)17(12-25-20)24-10-4-9-23-14(2)28/h7-8,11-12,15,24H,4-6,9-10H2,1-3H3,(H,23,28)(H,26,27). The monoisotopic (exact) mass is 441 g/mol. The molecule has 1 fully saturated rings. The SMILES string of the molecule is CC(=O)NCCCNc1cnc(-c2ccc(S(C)(=O)=O)c(C)c2)c2c(C3CC3)n[nH]c12. The van der Waals surface area contributed by atoms with Crippen molar-refractivity contribution in [2.75, 3.05) is 24.7 Å². The summed E-state index contributed by atoms with van der Waals surface area (Å²) in [4.78, 5) is 16.1. The molecule has 1 aliphatic carbocycles. The van der Waals surface area contributed by atoms with Crippen LogP contribution < -0.4 is 10.6 Å². The molecule has 0 unspecified atom stereocenters. The van der Waals surface area contributed by atoms with Gasteiger partial charge in [-0.25, -0.2) is 8.42 Å². The molecule has 0 spiro atoms. The Bertz CT molecular complexity index is 1250. The third-order valence-corrected chi connectivity index (χ3v) is 6.74. The number of benzene rings is 1. The normalized spacial score (nSPS) is 14.0. The number of H-pyrrole nitrogens is 1. The molecule has 1 aliphatic rings. The van der Waals surface area contributed by atoms with E-state index >= 15 is 0 Å². The molecule has 8 nitrogen and oxygen atoms in total. The summed E-state index contributed by atoms with van der Waals surface area (Å²) in [6, 6.07) is 5.34. The van der Waals surface area contributed by atoms with Crippen LogP contribution in [-0.4, -0.2) is 48.9 Å². The summed E-state index contributed by atoms with van der Waals surface area (Å²) < 4.78 is 24.0. The maximum Gasteiger partial charge on any atom is 0.216 e. The smallest absolute Gasteiger partial charge is 0.216 e.